The van der Waals surface area contributed by atoms with Crippen molar-refractivity contribution in [1.82, 2.24) is 0 Å². The van der Waals surface area contributed by atoms with Crippen LogP contribution in [0.1, 0.15) is 25.7 Å². The molecule has 0 fully saturated rings. The van der Waals surface area contributed by atoms with Gasteiger partial charge in [-0.05, 0) is 12.8 Å². The molecule has 1 unspecified atom stereocenters. The largest absolute Gasteiger partial charge is 0.481 e. The van der Waals surface area contributed by atoms with Gasteiger partial charge in [0.25, 0.3) is 0 Å². The van der Waals surface area contributed by atoms with E-state index in [1.807, 2.05) is 0 Å². The summed E-state index contributed by atoms with van der Waals surface area (Å²) >= 11 is 0. The van der Waals surface area contributed by atoms with Crippen LogP contribution in [0.15, 0.2) is 0 Å². The maximum atomic E-state index is 10.3. The van der Waals surface area contributed by atoms with Crippen molar-refractivity contribution in [2.45, 2.75) is 31.3 Å². The maximum Gasteiger partial charge on any atom is 0.306 e. The van der Waals surface area contributed by atoms with E-state index in [1.165, 1.54) is 0 Å². The summed E-state index contributed by atoms with van der Waals surface area (Å²) in [6, 6.07) is 0. The molecule has 1 atom stereocenters. The fourth-order valence-electron chi connectivity index (χ4n) is 1.13. The zero-order chi connectivity index (χ0) is 11.2. The molecule has 0 amide bonds. The Morgan fingerprint density at radius 3 is 2.00 bits per heavy atom. The number of rotatable bonds is 7. The summed E-state index contributed by atoms with van der Waals surface area (Å²) in [5.41, 5.74) is -1.63. The predicted octanol–water partition coefficient (Wildman–Crippen LogP) is -0.561. The van der Waals surface area contributed by atoms with Crippen LogP contribution in [-0.2, 0) is 9.59 Å². The molecule has 0 aliphatic carbocycles. The smallest absolute Gasteiger partial charge is 0.306 e. The molecule has 6 nitrogen and oxygen atoms in total. The highest BCUT2D eigenvalue weighted by Gasteiger charge is 2.29. The Hall–Kier alpha value is -1.14. The Morgan fingerprint density at radius 1 is 1.07 bits per heavy atom. The first-order chi connectivity index (χ1) is 6.39. The molecule has 6 heteroatoms. The van der Waals surface area contributed by atoms with Gasteiger partial charge < -0.3 is 20.4 Å². The van der Waals surface area contributed by atoms with Gasteiger partial charge in [-0.1, -0.05) is 0 Å². The van der Waals surface area contributed by atoms with Crippen LogP contribution < -0.4 is 0 Å². The lowest BCUT2D eigenvalue weighted by molar-refractivity contribution is -0.146. The zero-order valence-corrected chi connectivity index (χ0v) is 7.64. The molecular formula is C8H14O6. The monoisotopic (exact) mass is 206 g/mol. The second kappa shape index (κ2) is 5.56. The Bertz CT molecular complexity index is 214. The van der Waals surface area contributed by atoms with E-state index in [0.717, 1.165) is 0 Å². The number of carboxylic acids is 2. The minimum Gasteiger partial charge on any atom is -0.481 e. The number of hydrogen-bond acceptors (Lipinski definition) is 4. The molecule has 82 valence electrons. The van der Waals surface area contributed by atoms with E-state index >= 15 is 0 Å². The molecule has 0 radical (unpaired) electrons. The molecule has 0 aromatic rings. The fourth-order valence-corrected chi connectivity index (χ4v) is 1.13. The van der Waals surface area contributed by atoms with Gasteiger partial charge in [-0.25, -0.2) is 0 Å². The quantitative estimate of drug-likeness (QED) is 0.444. The van der Waals surface area contributed by atoms with Crippen LogP contribution >= 0.6 is 0 Å². The summed E-state index contributed by atoms with van der Waals surface area (Å²) < 4.78 is 0. The molecule has 0 spiro atoms. The van der Waals surface area contributed by atoms with Crippen molar-refractivity contribution in [3.63, 3.8) is 0 Å². The molecular weight excluding hydrogens is 192 g/mol. The van der Waals surface area contributed by atoms with Crippen LogP contribution in [0.2, 0.25) is 0 Å². The van der Waals surface area contributed by atoms with Gasteiger partial charge in [0.1, 0.15) is 0 Å². The average molecular weight is 206 g/mol. The van der Waals surface area contributed by atoms with Gasteiger partial charge >= 0.3 is 11.9 Å². The summed E-state index contributed by atoms with van der Waals surface area (Å²) in [5, 5.41) is 35.0. The van der Waals surface area contributed by atoms with Crippen LogP contribution in [0.5, 0.6) is 0 Å². The van der Waals surface area contributed by atoms with Crippen LogP contribution in [0.4, 0.5) is 0 Å². The van der Waals surface area contributed by atoms with Crippen molar-refractivity contribution in [1.29, 1.82) is 0 Å². The first kappa shape index (κ1) is 12.9. The highest BCUT2D eigenvalue weighted by molar-refractivity contribution is 5.69. The summed E-state index contributed by atoms with van der Waals surface area (Å²) in [6.45, 7) is -0.372. The molecule has 0 aromatic carbocycles. The van der Waals surface area contributed by atoms with Gasteiger partial charge in [0.2, 0.25) is 0 Å². The Balaban J connectivity index is 4.22. The third-order valence-corrected chi connectivity index (χ3v) is 1.86. The summed E-state index contributed by atoms with van der Waals surface area (Å²) in [7, 11) is 0. The molecule has 4 N–H and O–H groups in total. The van der Waals surface area contributed by atoms with E-state index in [2.05, 4.69) is 0 Å². The highest BCUT2D eigenvalue weighted by atomic mass is 16.4. The summed E-state index contributed by atoms with van der Waals surface area (Å²) in [4.78, 5) is 20.6. The Labute approximate surface area is 80.8 Å². The number of hydrogen-bond donors (Lipinski definition) is 4. The lowest BCUT2D eigenvalue weighted by atomic mass is 9.90. The molecule has 0 aliphatic heterocycles. The lowest BCUT2D eigenvalue weighted by Crippen LogP contribution is -2.33. The van der Waals surface area contributed by atoms with E-state index in [0.29, 0.717) is 0 Å². The number of aliphatic carboxylic acids is 2. The van der Waals surface area contributed by atoms with Crippen molar-refractivity contribution in [3.05, 3.63) is 0 Å². The molecule has 14 heavy (non-hydrogen) atoms. The maximum absolute atomic E-state index is 10.3. The average Bonchev–Trinajstić information content (AvgIpc) is 2.00. The summed E-state index contributed by atoms with van der Waals surface area (Å²) in [6.07, 6.45) is -1.17. The van der Waals surface area contributed by atoms with E-state index in [1.54, 1.807) is 0 Å². The van der Waals surface area contributed by atoms with Crippen LogP contribution in [-0.4, -0.2) is 44.6 Å². The first-order valence-corrected chi connectivity index (χ1v) is 4.16. The second-order valence-corrected chi connectivity index (χ2v) is 3.16. The van der Waals surface area contributed by atoms with Gasteiger partial charge in [-0.2, -0.15) is 0 Å². The zero-order valence-electron chi connectivity index (χ0n) is 7.64. The van der Waals surface area contributed by atoms with E-state index in [9.17, 15) is 14.7 Å². The number of carbonyl (C=O) groups is 2. The van der Waals surface area contributed by atoms with Gasteiger partial charge in [-0.15, -0.1) is 0 Å². The summed E-state index contributed by atoms with van der Waals surface area (Å²) in [5.74, 6) is -2.32. The minimum absolute atomic E-state index is 0.132. The Morgan fingerprint density at radius 2 is 1.64 bits per heavy atom. The van der Waals surface area contributed by atoms with Crippen molar-refractivity contribution in [3.8, 4) is 0 Å². The number of aliphatic hydroxyl groups excluding tert-OH is 1. The minimum atomic E-state index is -1.63. The topological polar surface area (TPSA) is 115 Å². The van der Waals surface area contributed by atoms with Crippen molar-refractivity contribution in [2.75, 3.05) is 6.61 Å². The standard InChI is InChI=1S/C8H14O6/c9-4-3-8(14,5-7(12)13)2-1-6(10)11/h9,14H,1-5H2,(H,10,11)(H,12,13). The van der Waals surface area contributed by atoms with Crippen LogP contribution in [0, 0.1) is 0 Å². The molecule has 0 heterocycles. The van der Waals surface area contributed by atoms with Gasteiger partial charge in [0.05, 0.1) is 12.0 Å². The number of carboxylic acid groups (broad SMARTS) is 2. The molecule has 0 aliphatic rings. The van der Waals surface area contributed by atoms with Crippen molar-refractivity contribution >= 4 is 11.9 Å². The first-order valence-electron chi connectivity index (χ1n) is 4.16. The molecule has 0 bridgehead atoms. The van der Waals surface area contributed by atoms with E-state index in [4.69, 9.17) is 15.3 Å². The Kier molecular flexibility index (Phi) is 5.11. The normalized spacial score (nSPS) is 14.7. The highest BCUT2D eigenvalue weighted by Crippen LogP contribution is 2.21. The van der Waals surface area contributed by atoms with Crippen LogP contribution in [0.25, 0.3) is 0 Å². The third-order valence-electron chi connectivity index (χ3n) is 1.86. The van der Waals surface area contributed by atoms with Gasteiger partial charge in [0, 0.05) is 13.0 Å². The van der Waals surface area contributed by atoms with E-state index < -0.39 is 24.0 Å². The molecule has 0 saturated heterocycles. The molecule has 0 aromatic heterocycles. The third kappa shape index (κ3) is 5.50. The van der Waals surface area contributed by atoms with Crippen molar-refractivity contribution < 1.29 is 30.0 Å². The van der Waals surface area contributed by atoms with Crippen molar-refractivity contribution in [2.24, 2.45) is 0 Å². The predicted molar refractivity (Wildman–Crippen MR) is 45.8 cm³/mol. The van der Waals surface area contributed by atoms with E-state index in [-0.39, 0.29) is 25.9 Å². The fraction of sp³-hybridized carbons (Fsp3) is 0.750. The number of aliphatic hydroxyl groups is 2. The second-order valence-electron chi connectivity index (χ2n) is 3.16. The van der Waals surface area contributed by atoms with Gasteiger partial charge in [-0.3, -0.25) is 9.59 Å². The van der Waals surface area contributed by atoms with Gasteiger partial charge in [0.15, 0.2) is 0 Å². The SMILES string of the molecule is O=C(O)CCC(O)(CCO)CC(=O)O. The molecule has 0 rings (SSSR count). The van der Waals surface area contributed by atoms with Crippen LogP contribution in [0.3, 0.4) is 0 Å². The lowest BCUT2D eigenvalue weighted by Gasteiger charge is -2.24. The molecule has 0 saturated carbocycles.